The van der Waals surface area contributed by atoms with E-state index in [1.54, 1.807) is 12.1 Å². The Hall–Kier alpha value is -1.63. The number of unbranched alkanes of at least 4 members (excludes halogenated alkanes) is 2. The Balaban J connectivity index is 2.09. The largest absolute Gasteiger partial charge is 0.411 e. The second kappa shape index (κ2) is 6.69. The summed E-state index contributed by atoms with van der Waals surface area (Å²) in [5, 5.41) is 0. The second-order valence-electron chi connectivity index (χ2n) is 4.32. The maximum Gasteiger partial charge on any atom is 0.399 e. The maximum absolute atomic E-state index is 13.7. The van der Waals surface area contributed by atoms with Crippen LogP contribution in [-0.4, -0.2) is 14.9 Å². The molecule has 108 valence electrons. The van der Waals surface area contributed by atoms with Crippen LogP contribution in [0.15, 0.2) is 29.1 Å². The highest BCUT2D eigenvalue weighted by molar-refractivity contribution is 6.99. The molecule has 2 aromatic heterocycles. The minimum Gasteiger partial charge on any atom is -0.411 e. The fourth-order valence-electron chi connectivity index (χ4n) is 1.67. The summed E-state index contributed by atoms with van der Waals surface area (Å²) >= 11 is 0.830. The molecule has 0 aromatic carbocycles. The number of hydrogen-bond acceptors (Lipinski definition) is 4. The van der Waals surface area contributed by atoms with E-state index in [2.05, 4.69) is 8.75 Å². The van der Waals surface area contributed by atoms with Crippen molar-refractivity contribution in [2.45, 2.75) is 38.7 Å². The summed E-state index contributed by atoms with van der Waals surface area (Å²) in [6.45, 7) is 1.96. The lowest BCUT2D eigenvalue weighted by Crippen LogP contribution is -2.24. The molecule has 0 spiro atoms. The number of hydrogen-bond donors (Lipinski definition) is 0. The number of alkyl halides is 2. The Morgan fingerprint density at radius 1 is 1.35 bits per heavy atom. The highest BCUT2D eigenvalue weighted by Gasteiger charge is 2.33. The molecule has 0 amide bonds. The average molecular weight is 301 g/mol. The molecule has 0 aliphatic rings. The second-order valence-corrected chi connectivity index (χ2v) is 4.85. The third-order valence-corrected chi connectivity index (χ3v) is 3.19. The van der Waals surface area contributed by atoms with Gasteiger partial charge in [-0.2, -0.15) is 13.2 Å². The fraction of sp³-hybridized carbons (Fsp3) is 0.462. The van der Waals surface area contributed by atoms with Crippen LogP contribution >= 0.6 is 11.7 Å². The Labute approximate surface area is 119 Å². The van der Waals surface area contributed by atoms with E-state index in [0.717, 1.165) is 24.6 Å². The molecule has 0 saturated carbocycles. The summed E-state index contributed by atoms with van der Waals surface area (Å²) in [5.74, 6) is -0.155. The normalized spacial score (nSPS) is 11.6. The number of halogens is 2. The van der Waals surface area contributed by atoms with Crippen LogP contribution in [0, 0.1) is 0 Å². The van der Waals surface area contributed by atoms with E-state index in [4.69, 9.17) is 9.15 Å². The highest BCUT2D eigenvalue weighted by atomic mass is 32.1. The van der Waals surface area contributed by atoms with Crippen molar-refractivity contribution < 1.29 is 17.9 Å². The molecule has 0 unspecified atom stereocenters. The van der Waals surface area contributed by atoms with Crippen molar-refractivity contribution in [3.05, 3.63) is 24.7 Å². The minimum absolute atomic E-state index is 0.155. The third-order valence-electron chi connectivity index (χ3n) is 2.68. The lowest BCUT2D eigenvalue weighted by atomic mass is 10.2. The molecule has 2 rings (SSSR count). The van der Waals surface area contributed by atoms with Crippen LogP contribution in [0.4, 0.5) is 8.78 Å². The van der Waals surface area contributed by atoms with Gasteiger partial charge in [0.15, 0.2) is 5.69 Å². The molecule has 0 atom stereocenters. The van der Waals surface area contributed by atoms with E-state index in [0.29, 0.717) is 12.0 Å². The zero-order valence-electron chi connectivity index (χ0n) is 11.0. The quantitative estimate of drug-likeness (QED) is 0.552. The Morgan fingerprint density at radius 3 is 2.90 bits per heavy atom. The van der Waals surface area contributed by atoms with E-state index in [-0.39, 0.29) is 18.0 Å². The van der Waals surface area contributed by atoms with Crippen molar-refractivity contribution in [2.75, 3.05) is 0 Å². The van der Waals surface area contributed by atoms with Crippen LogP contribution < -0.4 is 4.74 Å². The van der Waals surface area contributed by atoms with Gasteiger partial charge in [-0.3, -0.25) is 0 Å². The predicted octanol–water partition coefficient (Wildman–Crippen LogP) is 4.63. The highest BCUT2D eigenvalue weighted by Crippen LogP contribution is 2.33. The zero-order chi connectivity index (χ0) is 14.4. The van der Waals surface area contributed by atoms with Gasteiger partial charge in [0.05, 0.1) is 18.1 Å². The molecule has 0 aliphatic carbocycles. The average Bonchev–Trinajstić information content (AvgIpc) is 2.87. The molecular formula is C13H15F2N2O2S+. The van der Waals surface area contributed by atoms with E-state index < -0.39 is 6.11 Å². The number of nitrogens with zero attached hydrogens (tertiary/aromatic N) is 2. The molecule has 4 nitrogen and oxygen atoms in total. The first-order valence-corrected chi connectivity index (χ1v) is 7.10. The molecule has 0 fully saturated rings. The summed E-state index contributed by atoms with van der Waals surface area (Å²) in [7, 11) is 0. The van der Waals surface area contributed by atoms with Crippen molar-refractivity contribution in [1.29, 1.82) is 0 Å². The molecule has 2 aromatic rings. The monoisotopic (exact) mass is 301 g/mol. The van der Waals surface area contributed by atoms with Gasteiger partial charge in [-0.25, -0.2) is 4.42 Å². The van der Waals surface area contributed by atoms with Gasteiger partial charge in [-0.05, 0) is 12.5 Å². The number of ether oxygens (including phenoxy) is 1. The minimum atomic E-state index is -3.23. The van der Waals surface area contributed by atoms with Gasteiger partial charge in [0.25, 0.3) is 5.88 Å². The first-order valence-electron chi connectivity index (χ1n) is 6.37. The summed E-state index contributed by atoms with van der Waals surface area (Å²) in [6.07, 6.45) is 1.38. The van der Waals surface area contributed by atoms with Crippen molar-refractivity contribution in [1.82, 2.24) is 8.75 Å². The van der Waals surface area contributed by atoms with Crippen LogP contribution in [0.2, 0.25) is 0 Å². The van der Waals surface area contributed by atoms with Gasteiger partial charge < -0.3 is 4.74 Å². The SMILES string of the molecule is CCCCCC(F)(F)Oc1nsnc1-c1ccc[o+]c1. The maximum atomic E-state index is 13.7. The molecule has 2 heterocycles. The number of rotatable bonds is 7. The lowest BCUT2D eigenvalue weighted by Gasteiger charge is -2.16. The molecule has 20 heavy (non-hydrogen) atoms. The Bertz CT molecular complexity index is 534. The van der Waals surface area contributed by atoms with E-state index >= 15 is 0 Å². The Morgan fingerprint density at radius 2 is 2.20 bits per heavy atom. The molecule has 0 bridgehead atoms. The topological polar surface area (TPSA) is 46.3 Å². The van der Waals surface area contributed by atoms with Gasteiger partial charge in [-0.1, -0.05) is 19.8 Å². The molecule has 7 heteroatoms. The first kappa shape index (κ1) is 14.8. The predicted molar refractivity (Wildman–Crippen MR) is 71.7 cm³/mol. The summed E-state index contributed by atoms with van der Waals surface area (Å²) in [6, 6.07) is 3.35. The molecule has 0 saturated heterocycles. The van der Waals surface area contributed by atoms with Crippen LogP contribution in [0.3, 0.4) is 0 Å². The van der Waals surface area contributed by atoms with Gasteiger partial charge in [0, 0.05) is 6.07 Å². The van der Waals surface area contributed by atoms with Crippen LogP contribution in [0.1, 0.15) is 32.6 Å². The number of aromatic nitrogens is 2. The summed E-state index contributed by atoms with van der Waals surface area (Å²) < 4.78 is 44.9. The van der Waals surface area contributed by atoms with Crippen molar-refractivity contribution in [3.8, 4) is 17.1 Å². The van der Waals surface area contributed by atoms with Crippen LogP contribution in [0.5, 0.6) is 5.88 Å². The van der Waals surface area contributed by atoms with Crippen LogP contribution in [0.25, 0.3) is 11.3 Å². The van der Waals surface area contributed by atoms with Gasteiger partial charge in [0.1, 0.15) is 5.56 Å². The van der Waals surface area contributed by atoms with E-state index in [1.165, 1.54) is 12.5 Å². The van der Waals surface area contributed by atoms with E-state index in [9.17, 15) is 8.78 Å². The molecule has 0 N–H and O–H groups in total. The fourth-order valence-corrected chi connectivity index (χ4v) is 2.18. The Kier molecular flexibility index (Phi) is 4.94. The smallest absolute Gasteiger partial charge is 0.399 e. The van der Waals surface area contributed by atoms with E-state index in [1.807, 2.05) is 6.92 Å². The summed E-state index contributed by atoms with van der Waals surface area (Å²) in [5.41, 5.74) is 0.829. The molecular weight excluding hydrogens is 286 g/mol. The van der Waals surface area contributed by atoms with Gasteiger partial charge >= 0.3 is 18.6 Å². The third kappa shape index (κ3) is 3.93. The summed E-state index contributed by atoms with van der Waals surface area (Å²) in [4.78, 5) is 0. The van der Waals surface area contributed by atoms with Crippen molar-refractivity contribution in [2.24, 2.45) is 0 Å². The van der Waals surface area contributed by atoms with Crippen LogP contribution in [-0.2, 0) is 0 Å². The standard InChI is InChI=1S/C13H15F2N2O2S/c1-2-3-4-7-13(14,15)19-12-11(16-20-17-12)10-6-5-8-18-9-10/h5-6,8-9H,2-4,7H2,1H3/q+1. The lowest BCUT2D eigenvalue weighted by molar-refractivity contribution is -0.182. The first-order chi connectivity index (χ1) is 9.62. The zero-order valence-corrected chi connectivity index (χ0v) is 11.8. The van der Waals surface area contributed by atoms with Crippen molar-refractivity contribution in [3.63, 3.8) is 0 Å². The van der Waals surface area contributed by atoms with Gasteiger partial charge in [-0.15, -0.1) is 4.37 Å². The molecule has 0 radical (unpaired) electrons. The van der Waals surface area contributed by atoms with Crippen molar-refractivity contribution >= 4 is 11.7 Å². The molecule has 0 aliphatic heterocycles. The van der Waals surface area contributed by atoms with Gasteiger partial charge in [0.2, 0.25) is 0 Å².